The number of para-hydroxylation sites is 1. The van der Waals surface area contributed by atoms with Crippen molar-refractivity contribution in [3.05, 3.63) is 60.3 Å². The standard InChI is InChI=1S/C16H14N2O2/c1-18(12-5-7-13(19)8-6-12)16(20)14-4-2-3-11-9-10-17-15(11)14/h2-10,17,19H,1H3. The van der Waals surface area contributed by atoms with Gasteiger partial charge in [0, 0.05) is 24.3 Å². The Bertz CT molecular complexity index is 760. The number of rotatable bonds is 2. The van der Waals surface area contributed by atoms with Crippen LogP contribution in [0.1, 0.15) is 10.4 Å². The first-order chi connectivity index (χ1) is 9.66. The summed E-state index contributed by atoms with van der Waals surface area (Å²) in [5, 5.41) is 10.3. The summed E-state index contributed by atoms with van der Waals surface area (Å²) in [6.45, 7) is 0. The van der Waals surface area contributed by atoms with E-state index in [-0.39, 0.29) is 11.7 Å². The number of amides is 1. The molecule has 0 saturated heterocycles. The fraction of sp³-hybridized carbons (Fsp3) is 0.0625. The quantitative estimate of drug-likeness (QED) is 0.748. The third-order valence-electron chi connectivity index (χ3n) is 3.36. The number of aromatic amines is 1. The van der Waals surface area contributed by atoms with Crippen LogP contribution >= 0.6 is 0 Å². The number of benzene rings is 2. The fourth-order valence-corrected chi connectivity index (χ4v) is 2.24. The number of phenolic OH excluding ortho intramolecular Hbond substituents is 1. The second kappa shape index (κ2) is 4.74. The van der Waals surface area contributed by atoms with Gasteiger partial charge in [0.25, 0.3) is 5.91 Å². The van der Waals surface area contributed by atoms with E-state index in [0.29, 0.717) is 5.56 Å². The van der Waals surface area contributed by atoms with E-state index in [1.54, 1.807) is 42.3 Å². The molecule has 0 unspecified atom stereocenters. The van der Waals surface area contributed by atoms with Gasteiger partial charge in [0.05, 0.1) is 11.1 Å². The van der Waals surface area contributed by atoms with Gasteiger partial charge in [-0.25, -0.2) is 0 Å². The summed E-state index contributed by atoms with van der Waals surface area (Å²) >= 11 is 0. The van der Waals surface area contributed by atoms with Gasteiger partial charge in [-0.3, -0.25) is 4.79 Å². The number of hydrogen-bond donors (Lipinski definition) is 2. The first-order valence-corrected chi connectivity index (χ1v) is 6.30. The summed E-state index contributed by atoms with van der Waals surface area (Å²) < 4.78 is 0. The molecular weight excluding hydrogens is 252 g/mol. The monoisotopic (exact) mass is 266 g/mol. The zero-order chi connectivity index (χ0) is 14.1. The minimum Gasteiger partial charge on any atom is -0.508 e. The lowest BCUT2D eigenvalue weighted by atomic mass is 10.1. The molecule has 4 nitrogen and oxygen atoms in total. The number of carbonyl (C=O) groups is 1. The molecule has 0 aliphatic heterocycles. The molecule has 3 rings (SSSR count). The number of nitrogens with zero attached hydrogens (tertiary/aromatic N) is 1. The summed E-state index contributed by atoms with van der Waals surface area (Å²) in [5.74, 6) is 0.0878. The molecule has 2 N–H and O–H groups in total. The van der Waals surface area contributed by atoms with Crippen molar-refractivity contribution in [2.24, 2.45) is 0 Å². The van der Waals surface area contributed by atoms with Gasteiger partial charge in [-0.15, -0.1) is 0 Å². The third kappa shape index (κ3) is 2.01. The number of H-pyrrole nitrogens is 1. The Hall–Kier alpha value is -2.75. The number of anilines is 1. The van der Waals surface area contributed by atoms with E-state index in [0.717, 1.165) is 16.6 Å². The topological polar surface area (TPSA) is 56.3 Å². The predicted octanol–water partition coefficient (Wildman–Crippen LogP) is 3.15. The van der Waals surface area contributed by atoms with E-state index >= 15 is 0 Å². The zero-order valence-electron chi connectivity index (χ0n) is 11.0. The highest BCUT2D eigenvalue weighted by Gasteiger charge is 2.16. The van der Waals surface area contributed by atoms with Crippen LogP contribution in [0.5, 0.6) is 5.75 Å². The van der Waals surface area contributed by atoms with Crippen molar-refractivity contribution in [3.8, 4) is 5.75 Å². The Labute approximate surface area is 116 Å². The molecule has 1 heterocycles. The zero-order valence-corrected chi connectivity index (χ0v) is 11.0. The van der Waals surface area contributed by atoms with Gasteiger partial charge in [0.15, 0.2) is 0 Å². The van der Waals surface area contributed by atoms with Crippen molar-refractivity contribution in [1.29, 1.82) is 0 Å². The molecule has 4 heteroatoms. The van der Waals surface area contributed by atoms with E-state index in [9.17, 15) is 9.90 Å². The van der Waals surface area contributed by atoms with Crippen molar-refractivity contribution < 1.29 is 9.90 Å². The maximum Gasteiger partial charge on any atom is 0.260 e. The van der Waals surface area contributed by atoms with Crippen molar-refractivity contribution in [1.82, 2.24) is 4.98 Å². The second-order valence-electron chi connectivity index (χ2n) is 4.63. The van der Waals surface area contributed by atoms with Crippen molar-refractivity contribution in [3.63, 3.8) is 0 Å². The van der Waals surface area contributed by atoms with Crippen LogP contribution in [-0.2, 0) is 0 Å². The van der Waals surface area contributed by atoms with Gasteiger partial charge >= 0.3 is 0 Å². The molecule has 0 atom stereocenters. The van der Waals surface area contributed by atoms with Crippen LogP contribution in [0.15, 0.2) is 54.7 Å². The Kier molecular flexibility index (Phi) is 2.91. The SMILES string of the molecule is CN(C(=O)c1cccc2cc[nH]c12)c1ccc(O)cc1. The van der Waals surface area contributed by atoms with Gasteiger partial charge in [0.1, 0.15) is 5.75 Å². The molecular formula is C16H14N2O2. The van der Waals surface area contributed by atoms with Crippen LogP contribution in [-0.4, -0.2) is 23.0 Å². The lowest BCUT2D eigenvalue weighted by molar-refractivity contribution is 0.0994. The number of nitrogens with one attached hydrogen (secondary N) is 1. The highest BCUT2D eigenvalue weighted by molar-refractivity contribution is 6.12. The van der Waals surface area contributed by atoms with Gasteiger partial charge in [-0.1, -0.05) is 12.1 Å². The smallest absolute Gasteiger partial charge is 0.260 e. The number of phenols is 1. The highest BCUT2D eigenvalue weighted by Crippen LogP contribution is 2.22. The Morgan fingerprint density at radius 1 is 1.10 bits per heavy atom. The summed E-state index contributed by atoms with van der Waals surface area (Å²) in [5.41, 5.74) is 2.20. The molecule has 0 aliphatic carbocycles. The van der Waals surface area contributed by atoms with E-state index in [1.165, 1.54) is 0 Å². The Balaban J connectivity index is 1.99. The molecule has 1 amide bonds. The summed E-state index contributed by atoms with van der Waals surface area (Å²) in [6.07, 6.45) is 1.82. The number of hydrogen-bond acceptors (Lipinski definition) is 2. The number of carbonyl (C=O) groups excluding carboxylic acids is 1. The van der Waals surface area contributed by atoms with E-state index in [4.69, 9.17) is 0 Å². The van der Waals surface area contributed by atoms with Crippen molar-refractivity contribution >= 4 is 22.5 Å². The lowest BCUT2D eigenvalue weighted by Gasteiger charge is -2.17. The molecule has 0 fully saturated rings. The lowest BCUT2D eigenvalue weighted by Crippen LogP contribution is -2.26. The second-order valence-corrected chi connectivity index (χ2v) is 4.63. The van der Waals surface area contributed by atoms with Gasteiger partial charge < -0.3 is 15.0 Å². The normalized spacial score (nSPS) is 10.7. The fourth-order valence-electron chi connectivity index (χ4n) is 2.24. The van der Waals surface area contributed by atoms with Gasteiger partial charge in [-0.05, 0) is 36.4 Å². The van der Waals surface area contributed by atoms with Crippen LogP contribution in [0.25, 0.3) is 10.9 Å². The Morgan fingerprint density at radius 2 is 1.85 bits per heavy atom. The first kappa shape index (κ1) is 12.3. The first-order valence-electron chi connectivity index (χ1n) is 6.30. The van der Waals surface area contributed by atoms with Crippen LogP contribution in [0, 0.1) is 0 Å². The predicted molar refractivity (Wildman–Crippen MR) is 79.1 cm³/mol. The van der Waals surface area contributed by atoms with Crippen molar-refractivity contribution in [2.75, 3.05) is 11.9 Å². The average Bonchev–Trinajstić information content (AvgIpc) is 2.95. The molecule has 0 saturated carbocycles. The summed E-state index contributed by atoms with van der Waals surface area (Å²) in [6, 6.07) is 14.1. The maximum absolute atomic E-state index is 12.6. The highest BCUT2D eigenvalue weighted by atomic mass is 16.3. The number of fused-ring (bicyclic) bond motifs is 1. The molecule has 0 spiro atoms. The minimum atomic E-state index is -0.0938. The molecule has 3 aromatic rings. The molecule has 20 heavy (non-hydrogen) atoms. The summed E-state index contributed by atoms with van der Waals surface area (Å²) in [4.78, 5) is 17.2. The van der Waals surface area contributed by atoms with Crippen LogP contribution in [0.2, 0.25) is 0 Å². The maximum atomic E-state index is 12.6. The van der Waals surface area contributed by atoms with Crippen molar-refractivity contribution in [2.45, 2.75) is 0 Å². The number of aromatic nitrogens is 1. The van der Waals surface area contributed by atoms with Gasteiger partial charge in [-0.2, -0.15) is 0 Å². The Morgan fingerprint density at radius 3 is 2.60 bits per heavy atom. The molecule has 0 aliphatic rings. The van der Waals surface area contributed by atoms with Crippen LogP contribution in [0.4, 0.5) is 5.69 Å². The molecule has 2 aromatic carbocycles. The minimum absolute atomic E-state index is 0.0938. The molecule has 0 bridgehead atoms. The van der Waals surface area contributed by atoms with Crippen LogP contribution < -0.4 is 4.90 Å². The molecule has 0 radical (unpaired) electrons. The van der Waals surface area contributed by atoms with Gasteiger partial charge in [0.2, 0.25) is 0 Å². The summed E-state index contributed by atoms with van der Waals surface area (Å²) in [7, 11) is 1.72. The van der Waals surface area contributed by atoms with E-state index in [2.05, 4.69) is 4.98 Å². The third-order valence-corrected chi connectivity index (χ3v) is 3.36. The van der Waals surface area contributed by atoms with E-state index in [1.807, 2.05) is 24.4 Å². The molecule has 100 valence electrons. The number of aromatic hydroxyl groups is 1. The molecule has 1 aromatic heterocycles. The largest absolute Gasteiger partial charge is 0.508 e. The van der Waals surface area contributed by atoms with Crippen LogP contribution in [0.3, 0.4) is 0 Å². The average molecular weight is 266 g/mol. The van der Waals surface area contributed by atoms with E-state index < -0.39 is 0 Å².